The first-order valence-electron chi connectivity index (χ1n) is 11.7. The number of nitrogens with zero attached hydrogens (tertiary/aromatic N) is 1. The van der Waals surface area contributed by atoms with Gasteiger partial charge in [-0.25, -0.2) is 4.39 Å². The topological polar surface area (TPSA) is 88.3 Å². The molecule has 8 heteroatoms. The van der Waals surface area contributed by atoms with Gasteiger partial charge in [-0.3, -0.25) is 9.78 Å². The summed E-state index contributed by atoms with van der Waals surface area (Å²) in [5.41, 5.74) is 4.52. The number of para-hydroxylation sites is 1. The average molecular weight is 475 g/mol. The molecule has 3 aromatic rings. The van der Waals surface area contributed by atoms with Crippen LogP contribution in [0.1, 0.15) is 40.9 Å². The van der Waals surface area contributed by atoms with E-state index in [1.165, 1.54) is 13.2 Å². The minimum Gasteiger partial charge on any atom is -0.492 e. The number of hydrogen-bond acceptors (Lipinski definition) is 5. The summed E-state index contributed by atoms with van der Waals surface area (Å²) in [6, 6.07) is 6.51. The van der Waals surface area contributed by atoms with E-state index in [1.807, 2.05) is 6.07 Å². The van der Waals surface area contributed by atoms with Crippen molar-refractivity contribution in [2.75, 3.05) is 26.1 Å². The highest BCUT2D eigenvalue weighted by atomic mass is 19.1. The summed E-state index contributed by atoms with van der Waals surface area (Å²) in [6.45, 7) is 0.539. The molecule has 0 saturated heterocycles. The van der Waals surface area contributed by atoms with Crippen LogP contribution in [0.15, 0.2) is 36.7 Å². The smallest absolute Gasteiger partial charge is 0.255 e. The minimum absolute atomic E-state index is 0.0752. The van der Waals surface area contributed by atoms with Crippen LogP contribution >= 0.6 is 0 Å². The molecule has 2 aliphatic rings. The number of benzene rings is 1. The molecule has 180 valence electrons. The zero-order valence-electron chi connectivity index (χ0n) is 19.7. The molecule has 5 rings (SSSR count). The summed E-state index contributed by atoms with van der Waals surface area (Å²) >= 11 is 0. The first-order chi connectivity index (χ1) is 17.1. The Hall–Kier alpha value is -3.83. The monoisotopic (exact) mass is 474 g/mol. The molecule has 1 aliphatic heterocycles. The van der Waals surface area contributed by atoms with Crippen molar-refractivity contribution in [1.82, 2.24) is 15.3 Å². The SMILES string of the molecule is COc1c(F)cccc1Nc1c(-c2ccncc2C#C[C@@H]2CCC[C@@H]2OC)[nH]c2c1C(=O)NCC2. The number of H-pyrrole nitrogens is 1. The number of rotatable bonds is 5. The summed E-state index contributed by atoms with van der Waals surface area (Å²) in [5.74, 6) is 6.24. The molecule has 1 amide bonds. The number of carbonyl (C=O) groups excluding carboxylic acids is 1. The van der Waals surface area contributed by atoms with Crippen molar-refractivity contribution in [3.05, 3.63) is 59.3 Å². The zero-order valence-corrected chi connectivity index (χ0v) is 19.7. The molecule has 0 unspecified atom stereocenters. The van der Waals surface area contributed by atoms with E-state index in [2.05, 4.69) is 32.4 Å². The fourth-order valence-electron chi connectivity index (χ4n) is 4.91. The van der Waals surface area contributed by atoms with Gasteiger partial charge in [-0.2, -0.15) is 0 Å². The fraction of sp³-hybridized carbons (Fsp3) is 0.333. The van der Waals surface area contributed by atoms with Crippen molar-refractivity contribution in [2.45, 2.75) is 31.8 Å². The summed E-state index contributed by atoms with van der Waals surface area (Å²) in [5, 5.41) is 6.16. The van der Waals surface area contributed by atoms with E-state index in [0.29, 0.717) is 35.6 Å². The molecule has 3 heterocycles. The van der Waals surface area contributed by atoms with Crippen molar-refractivity contribution in [3.8, 4) is 28.8 Å². The highest BCUT2D eigenvalue weighted by Gasteiger charge is 2.29. The molecule has 1 aliphatic carbocycles. The van der Waals surface area contributed by atoms with Gasteiger partial charge in [0, 0.05) is 49.6 Å². The van der Waals surface area contributed by atoms with E-state index >= 15 is 0 Å². The molecule has 35 heavy (non-hydrogen) atoms. The maximum Gasteiger partial charge on any atom is 0.255 e. The molecule has 2 atom stereocenters. The minimum atomic E-state index is -0.493. The van der Waals surface area contributed by atoms with Crippen molar-refractivity contribution in [1.29, 1.82) is 0 Å². The van der Waals surface area contributed by atoms with Crippen molar-refractivity contribution in [2.24, 2.45) is 5.92 Å². The number of aromatic nitrogens is 2. The largest absolute Gasteiger partial charge is 0.492 e. The summed E-state index contributed by atoms with van der Waals surface area (Å²) in [4.78, 5) is 20.6. The summed E-state index contributed by atoms with van der Waals surface area (Å²) in [7, 11) is 3.14. The van der Waals surface area contributed by atoms with Crippen LogP contribution in [-0.2, 0) is 11.2 Å². The maximum absolute atomic E-state index is 14.4. The molecule has 1 saturated carbocycles. The van der Waals surface area contributed by atoms with Crippen molar-refractivity contribution in [3.63, 3.8) is 0 Å². The number of amides is 1. The summed E-state index contributed by atoms with van der Waals surface area (Å²) < 4.78 is 25.3. The Morgan fingerprint density at radius 1 is 1.23 bits per heavy atom. The molecule has 2 aromatic heterocycles. The Balaban J connectivity index is 1.62. The van der Waals surface area contributed by atoms with Crippen LogP contribution < -0.4 is 15.4 Å². The van der Waals surface area contributed by atoms with E-state index in [-0.39, 0.29) is 23.7 Å². The van der Waals surface area contributed by atoms with Crippen molar-refractivity contribution >= 4 is 17.3 Å². The number of pyridine rings is 1. The third kappa shape index (κ3) is 4.35. The van der Waals surface area contributed by atoms with Crippen LogP contribution in [-0.4, -0.2) is 42.7 Å². The Bertz CT molecular complexity index is 1320. The second kappa shape index (κ2) is 9.80. The van der Waals surface area contributed by atoms with Crippen LogP contribution in [0.2, 0.25) is 0 Å². The fourth-order valence-corrected chi connectivity index (χ4v) is 4.91. The quantitative estimate of drug-likeness (QED) is 0.477. The van der Waals surface area contributed by atoms with Crippen LogP contribution in [0.4, 0.5) is 15.8 Å². The predicted octanol–water partition coefficient (Wildman–Crippen LogP) is 4.42. The number of fused-ring (bicyclic) bond motifs is 1. The third-order valence-electron chi connectivity index (χ3n) is 6.63. The second-order valence-corrected chi connectivity index (χ2v) is 8.68. The molecule has 1 aromatic carbocycles. The number of ether oxygens (including phenoxy) is 2. The van der Waals surface area contributed by atoms with Crippen LogP contribution in [0.5, 0.6) is 5.75 Å². The predicted molar refractivity (Wildman–Crippen MR) is 131 cm³/mol. The Labute approximate surface area is 203 Å². The lowest BCUT2D eigenvalue weighted by Gasteiger charge is -2.17. The molecule has 0 radical (unpaired) electrons. The number of hydrogen-bond donors (Lipinski definition) is 3. The number of halogens is 1. The molecule has 3 N–H and O–H groups in total. The van der Waals surface area contributed by atoms with Crippen LogP contribution in [0.25, 0.3) is 11.3 Å². The van der Waals surface area contributed by atoms with Crippen LogP contribution in [0, 0.1) is 23.6 Å². The lowest BCUT2D eigenvalue weighted by Crippen LogP contribution is -2.31. The number of aromatic amines is 1. The lowest BCUT2D eigenvalue weighted by molar-refractivity contribution is 0.0888. The standard InChI is InChI=1S/C27H27FN4O3/c1-34-22-8-3-5-16(22)9-10-17-15-29-13-11-18(17)24-25(23-20(31-24)12-14-30-27(23)33)32-21-7-4-6-19(28)26(21)35-2/h4,6-7,11,13,15-16,22,31-32H,3,5,8,12,14H2,1-2H3,(H,30,33)/t16-,22-/m0/s1. The van der Waals surface area contributed by atoms with E-state index in [4.69, 9.17) is 9.47 Å². The molecule has 1 fully saturated rings. The van der Waals surface area contributed by atoms with Gasteiger partial charge in [0.25, 0.3) is 5.91 Å². The highest BCUT2D eigenvalue weighted by molar-refractivity contribution is 6.06. The summed E-state index contributed by atoms with van der Waals surface area (Å²) in [6.07, 6.45) is 7.33. The van der Waals surface area contributed by atoms with Crippen LogP contribution in [0.3, 0.4) is 0 Å². The van der Waals surface area contributed by atoms with Gasteiger partial charge in [0.15, 0.2) is 11.6 Å². The molecular formula is C27H27FN4O3. The van der Waals surface area contributed by atoms with E-state index in [9.17, 15) is 9.18 Å². The first kappa shape index (κ1) is 22.9. The number of carbonyl (C=O) groups is 1. The number of nitrogens with one attached hydrogen (secondary N) is 3. The Morgan fingerprint density at radius 2 is 2.11 bits per heavy atom. The van der Waals surface area contributed by atoms with E-state index in [1.54, 1.807) is 31.6 Å². The average Bonchev–Trinajstić information content (AvgIpc) is 3.48. The molecule has 0 spiro atoms. The normalized spacial score (nSPS) is 18.9. The lowest BCUT2D eigenvalue weighted by atomic mass is 10.0. The van der Waals surface area contributed by atoms with Gasteiger partial charge in [0.2, 0.25) is 0 Å². The molecule has 0 bridgehead atoms. The molecular weight excluding hydrogens is 447 g/mol. The number of methoxy groups -OCH3 is 2. The van der Waals surface area contributed by atoms with Gasteiger partial charge in [-0.1, -0.05) is 17.9 Å². The molecule has 7 nitrogen and oxygen atoms in total. The highest BCUT2D eigenvalue weighted by Crippen LogP contribution is 2.40. The second-order valence-electron chi connectivity index (χ2n) is 8.68. The zero-order chi connectivity index (χ0) is 24.4. The van der Waals surface area contributed by atoms with Gasteiger partial charge in [0.1, 0.15) is 0 Å². The Morgan fingerprint density at radius 3 is 2.94 bits per heavy atom. The van der Waals surface area contributed by atoms with E-state index < -0.39 is 5.82 Å². The van der Waals surface area contributed by atoms with E-state index in [0.717, 1.165) is 36.1 Å². The van der Waals surface area contributed by atoms with Gasteiger partial charge >= 0.3 is 0 Å². The number of anilines is 2. The van der Waals surface area contributed by atoms with Crippen molar-refractivity contribution < 1.29 is 18.7 Å². The van der Waals surface area contributed by atoms with Gasteiger partial charge in [-0.05, 0) is 37.5 Å². The van der Waals surface area contributed by atoms with Gasteiger partial charge in [-0.15, -0.1) is 0 Å². The van der Waals surface area contributed by atoms with Gasteiger partial charge < -0.3 is 25.1 Å². The Kier molecular flexibility index (Phi) is 6.43. The first-order valence-corrected chi connectivity index (χ1v) is 11.7. The third-order valence-corrected chi connectivity index (χ3v) is 6.63. The van der Waals surface area contributed by atoms with Gasteiger partial charge in [0.05, 0.1) is 41.4 Å². The maximum atomic E-state index is 14.4.